The highest BCUT2D eigenvalue weighted by Gasteiger charge is 2.37. The van der Waals surface area contributed by atoms with Gasteiger partial charge in [0, 0.05) is 22.0 Å². The third-order valence-corrected chi connectivity index (χ3v) is 6.45. The lowest BCUT2D eigenvalue weighted by Crippen LogP contribution is -2.17. The van der Waals surface area contributed by atoms with E-state index in [1.165, 1.54) is 7.11 Å². The molecule has 0 aliphatic carbocycles. The quantitative estimate of drug-likeness (QED) is 0.181. The number of aromatic nitrogens is 3. The normalized spacial score (nSPS) is 11.9. The molecule has 1 amide bonds. The first-order valence-corrected chi connectivity index (χ1v) is 12.3. The lowest BCUT2D eigenvalue weighted by Gasteiger charge is -2.15. The van der Waals surface area contributed by atoms with Gasteiger partial charge in [0.25, 0.3) is 0 Å². The number of hydrogen-bond acceptors (Lipinski definition) is 5. The number of nitrogens with one attached hydrogen (secondary N) is 1. The molecule has 39 heavy (non-hydrogen) atoms. The van der Waals surface area contributed by atoms with Crippen LogP contribution in [0.15, 0.2) is 71.9 Å². The molecule has 1 aromatic heterocycles. The van der Waals surface area contributed by atoms with E-state index in [9.17, 15) is 31.1 Å². The minimum atomic E-state index is -5.04. The number of benzene rings is 3. The zero-order chi connectivity index (χ0) is 28.4. The first-order valence-electron chi connectivity index (χ1n) is 10.9. The van der Waals surface area contributed by atoms with Gasteiger partial charge in [0.2, 0.25) is 5.91 Å². The first-order chi connectivity index (χ1) is 18.3. The summed E-state index contributed by atoms with van der Waals surface area (Å²) in [5.41, 5.74) is -2.44. The maximum Gasteiger partial charge on any atom is 0.416 e. The molecule has 1 heterocycles. The fourth-order valence-electron chi connectivity index (χ4n) is 3.47. The maximum atomic E-state index is 13.1. The molecule has 0 aliphatic heterocycles. The summed E-state index contributed by atoms with van der Waals surface area (Å²) in [6.45, 7) is 0. The Morgan fingerprint density at radius 2 is 1.51 bits per heavy atom. The predicted molar refractivity (Wildman–Crippen MR) is 134 cm³/mol. The van der Waals surface area contributed by atoms with Crippen molar-refractivity contribution in [2.45, 2.75) is 17.5 Å². The van der Waals surface area contributed by atoms with Crippen molar-refractivity contribution in [2.24, 2.45) is 0 Å². The van der Waals surface area contributed by atoms with Crippen molar-refractivity contribution >= 4 is 35.0 Å². The smallest absolute Gasteiger partial charge is 0.416 e. The van der Waals surface area contributed by atoms with Gasteiger partial charge in [-0.25, -0.2) is 0 Å². The molecule has 0 unspecified atom stereocenters. The van der Waals surface area contributed by atoms with Crippen LogP contribution in [0, 0.1) is 0 Å². The molecule has 1 N–H and O–H groups in total. The number of alkyl halides is 6. The third kappa shape index (κ3) is 6.84. The number of ether oxygens (including phenoxy) is 1. The van der Waals surface area contributed by atoms with Gasteiger partial charge in [0.1, 0.15) is 5.75 Å². The van der Waals surface area contributed by atoms with E-state index in [1.807, 2.05) is 0 Å². The Balaban J connectivity index is 1.60. The lowest BCUT2D eigenvalue weighted by molar-refractivity contribution is -0.143. The van der Waals surface area contributed by atoms with E-state index in [-0.39, 0.29) is 17.0 Å². The molecule has 0 bridgehead atoms. The molecule has 0 fully saturated rings. The summed E-state index contributed by atoms with van der Waals surface area (Å²) in [4.78, 5) is 12.6. The number of halogens is 7. The largest absolute Gasteiger partial charge is 0.497 e. The number of nitrogens with zero attached hydrogens (tertiary/aromatic N) is 3. The second kappa shape index (κ2) is 11.2. The standard InChI is InChI=1S/C25H17ClF6N4O2S/c1-38-20-8-6-19(7-9-20)36-22(14-2-4-17(26)5-3-14)34-35-23(36)39-13-21(37)33-18-11-15(24(27,28)29)10-16(12-18)25(30,31)32/h2-12H,13H2,1H3,(H,33,37). The molecule has 0 spiro atoms. The summed E-state index contributed by atoms with van der Waals surface area (Å²) in [5.74, 6) is -0.225. The highest BCUT2D eigenvalue weighted by molar-refractivity contribution is 7.99. The van der Waals surface area contributed by atoms with E-state index in [1.54, 1.807) is 53.1 Å². The summed E-state index contributed by atoms with van der Waals surface area (Å²) < 4.78 is 85.7. The molecule has 0 saturated heterocycles. The molecule has 4 aromatic rings. The van der Waals surface area contributed by atoms with Crippen LogP contribution in [0.5, 0.6) is 5.75 Å². The monoisotopic (exact) mass is 586 g/mol. The van der Waals surface area contributed by atoms with Crippen molar-refractivity contribution in [1.29, 1.82) is 0 Å². The molecule has 0 saturated carbocycles. The van der Waals surface area contributed by atoms with Gasteiger partial charge in [0.15, 0.2) is 11.0 Å². The van der Waals surface area contributed by atoms with Gasteiger partial charge >= 0.3 is 12.4 Å². The van der Waals surface area contributed by atoms with E-state index in [2.05, 4.69) is 15.5 Å². The number of thioether (sulfide) groups is 1. The Kier molecular flexibility index (Phi) is 8.12. The molecule has 6 nitrogen and oxygen atoms in total. The van der Waals surface area contributed by atoms with Gasteiger partial charge in [-0.2, -0.15) is 26.3 Å². The van der Waals surface area contributed by atoms with Crippen LogP contribution < -0.4 is 10.1 Å². The second-order valence-electron chi connectivity index (χ2n) is 7.98. The van der Waals surface area contributed by atoms with Gasteiger partial charge in [0.05, 0.1) is 24.0 Å². The Bertz CT molecular complexity index is 1440. The van der Waals surface area contributed by atoms with Crippen molar-refractivity contribution in [1.82, 2.24) is 14.8 Å². The van der Waals surface area contributed by atoms with Crippen molar-refractivity contribution in [3.05, 3.63) is 82.9 Å². The van der Waals surface area contributed by atoms with E-state index < -0.39 is 35.1 Å². The molecule has 204 valence electrons. The van der Waals surface area contributed by atoms with Gasteiger partial charge in [-0.1, -0.05) is 23.4 Å². The van der Waals surface area contributed by atoms with Gasteiger partial charge in [-0.3, -0.25) is 9.36 Å². The summed E-state index contributed by atoms with van der Waals surface area (Å²) >= 11 is 6.88. The van der Waals surface area contributed by atoms with Gasteiger partial charge in [-0.15, -0.1) is 10.2 Å². The molecule has 0 aliphatic rings. The summed E-state index contributed by atoms with van der Waals surface area (Å²) in [6.07, 6.45) is -10.1. The minimum absolute atomic E-state index is 0.0139. The van der Waals surface area contributed by atoms with Crippen molar-refractivity contribution in [2.75, 3.05) is 18.2 Å². The number of carbonyl (C=O) groups excluding carboxylic acids is 1. The van der Waals surface area contributed by atoms with Crippen molar-refractivity contribution in [3.8, 4) is 22.8 Å². The van der Waals surface area contributed by atoms with Crippen molar-refractivity contribution < 1.29 is 35.9 Å². The molecule has 14 heteroatoms. The highest BCUT2D eigenvalue weighted by atomic mass is 35.5. The SMILES string of the molecule is COc1ccc(-n2c(SCC(=O)Nc3cc(C(F)(F)F)cc(C(F)(F)F)c3)nnc2-c2ccc(Cl)cc2)cc1. The molecule has 0 atom stereocenters. The number of anilines is 1. The van der Waals surface area contributed by atoms with Crippen LogP contribution in [0.3, 0.4) is 0 Å². The summed E-state index contributed by atoms with van der Waals surface area (Å²) in [6, 6.07) is 14.5. The average Bonchev–Trinajstić information content (AvgIpc) is 3.30. The lowest BCUT2D eigenvalue weighted by atomic mass is 10.1. The second-order valence-corrected chi connectivity index (χ2v) is 9.36. The molecule has 0 radical (unpaired) electrons. The zero-order valence-corrected chi connectivity index (χ0v) is 21.3. The highest BCUT2D eigenvalue weighted by Crippen LogP contribution is 2.38. The fraction of sp³-hybridized carbons (Fsp3) is 0.160. The van der Waals surface area contributed by atoms with E-state index >= 15 is 0 Å². The maximum absolute atomic E-state index is 13.1. The molecular formula is C25H17ClF6N4O2S. The number of hydrogen-bond donors (Lipinski definition) is 1. The number of amides is 1. The number of rotatable bonds is 7. The van der Waals surface area contributed by atoms with Crippen LogP contribution >= 0.6 is 23.4 Å². The Hall–Kier alpha value is -3.71. The van der Waals surface area contributed by atoms with Crippen LogP contribution in [0.1, 0.15) is 11.1 Å². The molecular weight excluding hydrogens is 570 g/mol. The van der Waals surface area contributed by atoms with Crippen LogP contribution in [0.25, 0.3) is 17.1 Å². The van der Waals surface area contributed by atoms with E-state index in [0.717, 1.165) is 11.8 Å². The van der Waals surface area contributed by atoms with Crippen LogP contribution in [0.2, 0.25) is 5.02 Å². The Morgan fingerprint density at radius 1 is 0.923 bits per heavy atom. The Morgan fingerprint density at radius 3 is 2.05 bits per heavy atom. The fourth-order valence-corrected chi connectivity index (χ4v) is 4.35. The molecule has 3 aromatic carbocycles. The van der Waals surface area contributed by atoms with E-state index in [4.69, 9.17) is 16.3 Å². The third-order valence-electron chi connectivity index (χ3n) is 5.27. The van der Waals surface area contributed by atoms with Crippen molar-refractivity contribution in [3.63, 3.8) is 0 Å². The summed E-state index contributed by atoms with van der Waals surface area (Å²) in [5, 5.41) is 11.2. The van der Waals surface area contributed by atoms with Crippen LogP contribution in [-0.4, -0.2) is 33.5 Å². The van der Waals surface area contributed by atoms with Gasteiger partial charge in [-0.05, 0) is 66.7 Å². The number of methoxy groups -OCH3 is 1. The minimum Gasteiger partial charge on any atom is -0.497 e. The van der Waals surface area contributed by atoms with Crippen LogP contribution in [-0.2, 0) is 17.1 Å². The van der Waals surface area contributed by atoms with Gasteiger partial charge < -0.3 is 10.1 Å². The topological polar surface area (TPSA) is 69.0 Å². The van der Waals surface area contributed by atoms with E-state index in [0.29, 0.717) is 40.0 Å². The average molecular weight is 587 g/mol. The van der Waals surface area contributed by atoms with Crippen LogP contribution in [0.4, 0.5) is 32.0 Å². The Labute approximate surface area is 226 Å². The number of carbonyl (C=O) groups is 1. The first kappa shape index (κ1) is 28.3. The zero-order valence-electron chi connectivity index (χ0n) is 19.8. The summed E-state index contributed by atoms with van der Waals surface area (Å²) in [7, 11) is 1.51. The molecule has 4 rings (SSSR count). The predicted octanol–water partition coefficient (Wildman–Crippen LogP) is 7.36.